The molecule has 1 aliphatic heterocycles. The van der Waals surface area contributed by atoms with Crippen molar-refractivity contribution in [3.05, 3.63) is 59.2 Å². The molecule has 0 saturated carbocycles. The molecule has 0 unspecified atom stereocenters. The Hall–Kier alpha value is -1.78. The highest BCUT2D eigenvalue weighted by molar-refractivity contribution is 5.65. The van der Waals surface area contributed by atoms with E-state index in [0.717, 1.165) is 19.3 Å². The quantitative estimate of drug-likeness (QED) is 0.492. The summed E-state index contributed by atoms with van der Waals surface area (Å²) in [5, 5.41) is 1.99. The van der Waals surface area contributed by atoms with Gasteiger partial charge in [-0.05, 0) is 76.0 Å². The lowest BCUT2D eigenvalue weighted by Crippen LogP contribution is -2.59. The van der Waals surface area contributed by atoms with Gasteiger partial charge in [0.25, 0.3) is 0 Å². The number of hydroxylamine groups is 2. The average molecular weight is 416 g/mol. The second kappa shape index (κ2) is 8.76. The first-order valence-corrected chi connectivity index (χ1v) is 11.0. The standard InChI is InChI=1S/C26H35F2NO/c1-7-8-9-18-10-12-19(13-11-18)21-14-15-22(24(28)23(21)27)20-16-25(2,3)29(30-6)26(4,5)17-20/h10-15,20H,7-9,16-17H2,1-6H3. The minimum absolute atomic E-state index is 0.0682. The number of rotatable bonds is 6. The molecular formula is C26H35F2NO. The third-order valence-electron chi connectivity index (χ3n) is 6.41. The van der Waals surface area contributed by atoms with Crippen molar-refractivity contribution in [1.82, 2.24) is 5.06 Å². The van der Waals surface area contributed by atoms with Crippen LogP contribution in [-0.4, -0.2) is 23.3 Å². The number of nitrogens with zero attached hydrogens (tertiary/aromatic N) is 1. The molecule has 2 aromatic carbocycles. The van der Waals surface area contributed by atoms with Crippen LogP contribution in [0.25, 0.3) is 11.1 Å². The number of halogens is 2. The summed E-state index contributed by atoms with van der Waals surface area (Å²) in [7, 11) is 1.67. The van der Waals surface area contributed by atoms with Gasteiger partial charge in [0.2, 0.25) is 0 Å². The Morgan fingerprint density at radius 3 is 2.07 bits per heavy atom. The monoisotopic (exact) mass is 415 g/mol. The molecule has 0 bridgehead atoms. The molecule has 0 aromatic heterocycles. The van der Waals surface area contributed by atoms with Crippen LogP contribution in [0.15, 0.2) is 36.4 Å². The lowest BCUT2D eigenvalue weighted by molar-refractivity contribution is -0.266. The third-order valence-corrected chi connectivity index (χ3v) is 6.41. The van der Waals surface area contributed by atoms with Gasteiger partial charge in [0, 0.05) is 16.6 Å². The van der Waals surface area contributed by atoms with Gasteiger partial charge in [0.1, 0.15) is 0 Å². The second-order valence-corrected chi connectivity index (χ2v) is 9.84. The largest absolute Gasteiger partial charge is 0.301 e. The number of piperidine rings is 1. The van der Waals surface area contributed by atoms with Crippen molar-refractivity contribution in [1.29, 1.82) is 0 Å². The van der Waals surface area contributed by atoms with Crippen molar-refractivity contribution in [2.45, 2.75) is 83.7 Å². The maximum absolute atomic E-state index is 15.2. The molecule has 4 heteroatoms. The van der Waals surface area contributed by atoms with Gasteiger partial charge in [-0.15, -0.1) is 0 Å². The van der Waals surface area contributed by atoms with Crippen molar-refractivity contribution in [3.63, 3.8) is 0 Å². The molecule has 0 atom stereocenters. The van der Waals surface area contributed by atoms with Crippen LogP contribution < -0.4 is 0 Å². The Labute approximate surface area is 180 Å². The zero-order valence-electron chi connectivity index (χ0n) is 19.2. The molecule has 0 aliphatic carbocycles. The van der Waals surface area contributed by atoms with Crippen LogP contribution in [0.4, 0.5) is 8.78 Å². The van der Waals surface area contributed by atoms with Crippen molar-refractivity contribution < 1.29 is 13.6 Å². The topological polar surface area (TPSA) is 12.5 Å². The first-order valence-electron chi connectivity index (χ1n) is 11.0. The van der Waals surface area contributed by atoms with E-state index >= 15 is 8.78 Å². The fourth-order valence-electron chi connectivity index (χ4n) is 5.31. The zero-order chi connectivity index (χ0) is 22.1. The van der Waals surface area contributed by atoms with Crippen LogP contribution >= 0.6 is 0 Å². The number of hydrogen-bond acceptors (Lipinski definition) is 2. The molecule has 3 rings (SSSR count). The number of aryl methyl sites for hydroxylation is 1. The van der Waals surface area contributed by atoms with Crippen LogP contribution in [0.2, 0.25) is 0 Å². The van der Waals surface area contributed by atoms with E-state index in [2.05, 4.69) is 34.6 Å². The molecular weight excluding hydrogens is 380 g/mol. The summed E-state index contributed by atoms with van der Waals surface area (Å²) in [6.07, 6.45) is 4.68. The second-order valence-electron chi connectivity index (χ2n) is 9.84. The highest BCUT2D eigenvalue weighted by Crippen LogP contribution is 2.46. The fourth-order valence-corrected chi connectivity index (χ4v) is 5.31. The molecule has 2 aromatic rings. The third kappa shape index (κ3) is 4.45. The normalized spacial score (nSPS) is 19.2. The average Bonchev–Trinajstić information content (AvgIpc) is 2.67. The molecule has 164 valence electrons. The maximum atomic E-state index is 15.2. The van der Waals surface area contributed by atoms with Gasteiger partial charge >= 0.3 is 0 Å². The predicted molar refractivity (Wildman–Crippen MR) is 119 cm³/mol. The molecule has 0 spiro atoms. The molecule has 1 fully saturated rings. The minimum Gasteiger partial charge on any atom is -0.301 e. The molecule has 2 nitrogen and oxygen atoms in total. The van der Waals surface area contributed by atoms with Crippen molar-refractivity contribution in [2.75, 3.05) is 7.11 Å². The lowest BCUT2D eigenvalue weighted by Gasteiger charge is -2.53. The van der Waals surface area contributed by atoms with E-state index in [1.54, 1.807) is 19.2 Å². The van der Waals surface area contributed by atoms with Gasteiger partial charge in [0.15, 0.2) is 11.6 Å². The smallest absolute Gasteiger partial charge is 0.166 e. The van der Waals surface area contributed by atoms with Gasteiger partial charge in [-0.25, -0.2) is 8.78 Å². The first kappa shape index (κ1) is 22.9. The molecule has 1 aliphatic rings. The minimum atomic E-state index is -0.751. The Kier molecular flexibility index (Phi) is 6.69. The maximum Gasteiger partial charge on any atom is 0.166 e. The summed E-state index contributed by atoms with van der Waals surface area (Å²) in [6, 6.07) is 11.3. The van der Waals surface area contributed by atoms with Crippen LogP contribution in [0.5, 0.6) is 0 Å². The summed E-state index contributed by atoms with van der Waals surface area (Å²) in [5.41, 5.74) is 2.17. The van der Waals surface area contributed by atoms with Crippen LogP contribution in [0, 0.1) is 11.6 Å². The van der Waals surface area contributed by atoms with Crippen molar-refractivity contribution >= 4 is 0 Å². The molecule has 0 radical (unpaired) electrons. The van der Waals surface area contributed by atoms with E-state index in [1.165, 1.54) is 5.56 Å². The van der Waals surface area contributed by atoms with Gasteiger partial charge in [-0.3, -0.25) is 0 Å². The molecule has 1 saturated heterocycles. The first-order chi connectivity index (χ1) is 14.1. The summed E-state index contributed by atoms with van der Waals surface area (Å²) in [5.74, 6) is -1.54. The predicted octanol–water partition coefficient (Wildman–Crippen LogP) is 7.27. The molecule has 0 amide bonds. The molecule has 1 heterocycles. The fraction of sp³-hybridized carbons (Fsp3) is 0.538. The molecule has 30 heavy (non-hydrogen) atoms. The highest BCUT2D eigenvalue weighted by Gasteiger charge is 2.47. The summed E-state index contributed by atoms with van der Waals surface area (Å²) >= 11 is 0. The molecule has 0 N–H and O–H groups in total. The number of unbranched alkanes of at least 4 members (excludes halogenated alkanes) is 1. The van der Waals surface area contributed by atoms with E-state index in [0.29, 0.717) is 29.5 Å². The van der Waals surface area contributed by atoms with Crippen molar-refractivity contribution in [2.24, 2.45) is 0 Å². The van der Waals surface area contributed by atoms with Crippen LogP contribution in [0.1, 0.15) is 77.3 Å². The van der Waals surface area contributed by atoms with E-state index < -0.39 is 11.6 Å². The summed E-state index contributed by atoms with van der Waals surface area (Å²) in [6.45, 7) is 10.5. The summed E-state index contributed by atoms with van der Waals surface area (Å²) in [4.78, 5) is 5.64. The van der Waals surface area contributed by atoms with Gasteiger partial charge < -0.3 is 4.84 Å². The van der Waals surface area contributed by atoms with Crippen molar-refractivity contribution in [3.8, 4) is 11.1 Å². The Morgan fingerprint density at radius 2 is 1.53 bits per heavy atom. The van der Waals surface area contributed by atoms with E-state index in [1.807, 2.05) is 29.3 Å². The highest BCUT2D eigenvalue weighted by atomic mass is 19.2. The SMILES string of the molecule is CCCCc1ccc(-c2ccc(C3CC(C)(C)N(OC)C(C)(C)C3)c(F)c2F)cc1. The van der Waals surface area contributed by atoms with E-state index in [-0.39, 0.29) is 17.0 Å². The van der Waals surface area contributed by atoms with E-state index in [4.69, 9.17) is 4.84 Å². The van der Waals surface area contributed by atoms with Gasteiger partial charge in [0.05, 0.1) is 7.11 Å². The number of hydrogen-bond donors (Lipinski definition) is 0. The van der Waals surface area contributed by atoms with Gasteiger partial charge in [-0.1, -0.05) is 49.7 Å². The Morgan fingerprint density at radius 1 is 0.933 bits per heavy atom. The summed E-state index contributed by atoms with van der Waals surface area (Å²) < 4.78 is 30.4. The van der Waals surface area contributed by atoms with E-state index in [9.17, 15) is 0 Å². The Balaban J connectivity index is 1.90. The van der Waals surface area contributed by atoms with Gasteiger partial charge in [-0.2, -0.15) is 5.06 Å². The van der Waals surface area contributed by atoms with Crippen LogP contribution in [0.3, 0.4) is 0 Å². The number of benzene rings is 2. The Bertz CT molecular complexity index is 855. The lowest BCUT2D eigenvalue weighted by atomic mass is 9.72. The zero-order valence-corrected chi connectivity index (χ0v) is 19.2. The van der Waals surface area contributed by atoms with Crippen LogP contribution in [-0.2, 0) is 11.3 Å².